The van der Waals surface area contributed by atoms with Gasteiger partial charge in [-0.1, -0.05) is 55.2 Å². The van der Waals surface area contributed by atoms with E-state index in [0.29, 0.717) is 34.2 Å². The van der Waals surface area contributed by atoms with Crippen molar-refractivity contribution in [3.05, 3.63) is 63.6 Å². The molecule has 0 aliphatic heterocycles. The molecule has 9 heteroatoms. The number of carboxylic acids is 1. The molecule has 1 aliphatic carbocycles. The van der Waals surface area contributed by atoms with Crippen LogP contribution in [0.4, 0.5) is 0 Å². The van der Waals surface area contributed by atoms with Crippen LogP contribution in [0.25, 0.3) is 0 Å². The first-order valence-electron chi connectivity index (χ1n) is 11.7. The average Bonchev–Trinajstić information content (AvgIpc) is 3.08. The maximum Gasteiger partial charge on any atom is 0.328 e. The van der Waals surface area contributed by atoms with Gasteiger partial charge in [0.2, 0.25) is 5.91 Å². The molecule has 7 nitrogen and oxygen atoms in total. The minimum absolute atomic E-state index is 0.200. The predicted molar refractivity (Wildman–Crippen MR) is 137 cm³/mol. The predicted octanol–water partition coefficient (Wildman–Crippen LogP) is 5.30. The van der Waals surface area contributed by atoms with Crippen LogP contribution < -0.4 is 10.1 Å². The van der Waals surface area contributed by atoms with Crippen LogP contribution in [-0.4, -0.2) is 36.1 Å². The summed E-state index contributed by atoms with van der Waals surface area (Å²) in [6, 6.07) is 11.4. The molecule has 194 valence electrons. The summed E-state index contributed by atoms with van der Waals surface area (Å²) in [5.74, 6) is -1.80. The van der Waals surface area contributed by atoms with Crippen LogP contribution in [0.1, 0.15) is 44.7 Å². The monoisotopic (exact) mass is 535 g/mol. The van der Waals surface area contributed by atoms with Gasteiger partial charge in [-0.25, -0.2) is 4.79 Å². The van der Waals surface area contributed by atoms with E-state index in [1.807, 2.05) is 0 Å². The summed E-state index contributed by atoms with van der Waals surface area (Å²) in [5.41, 5.74) is -0.338. The van der Waals surface area contributed by atoms with Crippen molar-refractivity contribution in [3.8, 4) is 5.75 Å². The summed E-state index contributed by atoms with van der Waals surface area (Å²) >= 11 is 12.4. The number of esters is 1. The quantitative estimate of drug-likeness (QED) is 0.422. The van der Waals surface area contributed by atoms with Crippen LogP contribution in [0.5, 0.6) is 5.75 Å². The molecular formula is C27H31Cl2NO6. The third kappa shape index (κ3) is 5.62. The highest BCUT2D eigenvalue weighted by atomic mass is 35.5. The Morgan fingerprint density at radius 1 is 1.08 bits per heavy atom. The summed E-state index contributed by atoms with van der Waals surface area (Å²) in [6.45, 7) is 5.45. The molecule has 0 heterocycles. The van der Waals surface area contributed by atoms with Gasteiger partial charge in [0.1, 0.15) is 18.4 Å². The van der Waals surface area contributed by atoms with Crippen molar-refractivity contribution in [2.45, 2.75) is 52.7 Å². The Kier molecular flexibility index (Phi) is 8.57. The molecule has 2 aromatic rings. The van der Waals surface area contributed by atoms with Gasteiger partial charge in [0, 0.05) is 27.9 Å². The Bertz CT molecular complexity index is 1110. The fourth-order valence-corrected chi connectivity index (χ4v) is 5.24. The number of nitrogens with one attached hydrogen (secondary N) is 1. The summed E-state index contributed by atoms with van der Waals surface area (Å²) in [6.07, 6.45) is 1.02. The molecule has 3 rings (SSSR count). The Morgan fingerprint density at radius 2 is 1.69 bits per heavy atom. The van der Waals surface area contributed by atoms with Gasteiger partial charge in [-0.2, -0.15) is 0 Å². The Balaban J connectivity index is 1.67. The van der Waals surface area contributed by atoms with Gasteiger partial charge in [0.15, 0.2) is 0 Å². The number of ether oxygens (including phenoxy) is 2. The molecule has 36 heavy (non-hydrogen) atoms. The van der Waals surface area contributed by atoms with Crippen molar-refractivity contribution in [2.24, 2.45) is 16.7 Å². The van der Waals surface area contributed by atoms with Crippen LogP contribution >= 0.6 is 23.2 Å². The molecule has 0 aromatic heterocycles. The highest BCUT2D eigenvalue weighted by Gasteiger charge is 2.58. The summed E-state index contributed by atoms with van der Waals surface area (Å²) in [5, 5.41) is 13.6. The number of carboxylic acid groups (broad SMARTS) is 1. The number of carbonyl (C=O) groups excluding carboxylic acids is 2. The largest absolute Gasteiger partial charge is 0.489 e. The van der Waals surface area contributed by atoms with E-state index in [4.69, 9.17) is 32.7 Å². The number of rotatable bonds is 9. The Labute approximate surface area is 221 Å². The third-order valence-corrected chi connectivity index (χ3v) is 8.33. The zero-order valence-corrected chi connectivity index (χ0v) is 22.3. The van der Waals surface area contributed by atoms with Crippen LogP contribution in [0.2, 0.25) is 10.0 Å². The molecule has 1 aliphatic rings. The highest BCUT2D eigenvalue weighted by molar-refractivity contribution is 6.35. The number of methoxy groups -OCH3 is 1. The van der Waals surface area contributed by atoms with E-state index in [0.717, 1.165) is 5.56 Å². The first-order valence-corrected chi connectivity index (χ1v) is 12.4. The normalized spacial score (nSPS) is 21.4. The molecule has 3 atom stereocenters. The maximum absolute atomic E-state index is 13.2. The summed E-state index contributed by atoms with van der Waals surface area (Å²) < 4.78 is 10.7. The zero-order chi connectivity index (χ0) is 26.7. The minimum atomic E-state index is -1.03. The molecule has 1 amide bonds. The van der Waals surface area contributed by atoms with Crippen LogP contribution in [0.15, 0.2) is 42.5 Å². The molecule has 0 radical (unpaired) electrons. The SMILES string of the molecule is COC(=O)[C@H](Cc1ccc(OCc2c(Cl)cccc2Cl)cc1)NC(=O)[C@@H]1CC[C@](C)(C(=O)O)C1(C)C. The molecule has 0 bridgehead atoms. The summed E-state index contributed by atoms with van der Waals surface area (Å²) in [4.78, 5) is 37.5. The number of amides is 1. The van der Waals surface area contributed by atoms with E-state index < -0.39 is 34.7 Å². The average molecular weight is 536 g/mol. The van der Waals surface area contributed by atoms with E-state index in [9.17, 15) is 19.5 Å². The molecule has 0 spiro atoms. The second-order valence-corrected chi connectivity index (χ2v) is 10.7. The number of aliphatic carboxylic acids is 1. The van der Waals surface area contributed by atoms with Gasteiger partial charge in [0.25, 0.3) is 0 Å². The van der Waals surface area contributed by atoms with Crippen molar-refractivity contribution in [3.63, 3.8) is 0 Å². The van der Waals surface area contributed by atoms with Gasteiger partial charge in [-0.15, -0.1) is 0 Å². The van der Waals surface area contributed by atoms with Crippen molar-refractivity contribution in [1.82, 2.24) is 5.32 Å². The summed E-state index contributed by atoms with van der Waals surface area (Å²) in [7, 11) is 1.26. The molecule has 2 N–H and O–H groups in total. The standard InChI is InChI=1S/C27H31Cl2NO6/c1-26(2)19(12-13-27(26,3)25(33)34)23(31)30-22(24(32)35-4)14-16-8-10-17(11-9-16)36-15-18-20(28)6-5-7-21(18)29/h5-11,19,22H,12-15H2,1-4H3,(H,30,31)(H,33,34)/t19-,22-,27+/m0/s1. The van der Waals surface area contributed by atoms with Gasteiger partial charge in [0.05, 0.1) is 12.5 Å². The second-order valence-electron chi connectivity index (χ2n) is 9.87. The van der Waals surface area contributed by atoms with Gasteiger partial charge >= 0.3 is 11.9 Å². The van der Waals surface area contributed by atoms with E-state index >= 15 is 0 Å². The number of benzene rings is 2. The van der Waals surface area contributed by atoms with Crippen LogP contribution in [-0.2, 0) is 32.1 Å². The molecule has 2 aromatic carbocycles. The lowest BCUT2D eigenvalue weighted by Gasteiger charge is -2.38. The number of hydrogen-bond donors (Lipinski definition) is 2. The zero-order valence-electron chi connectivity index (χ0n) is 20.8. The Morgan fingerprint density at radius 3 is 2.22 bits per heavy atom. The van der Waals surface area contributed by atoms with Crippen LogP contribution in [0.3, 0.4) is 0 Å². The lowest BCUT2D eigenvalue weighted by Crippen LogP contribution is -2.50. The van der Waals surface area contributed by atoms with Crippen molar-refractivity contribution in [1.29, 1.82) is 0 Å². The minimum Gasteiger partial charge on any atom is -0.489 e. The van der Waals surface area contributed by atoms with Gasteiger partial charge < -0.3 is 19.9 Å². The molecule has 1 fully saturated rings. The fourth-order valence-electron chi connectivity index (χ4n) is 4.73. The first-order chi connectivity index (χ1) is 16.9. The molecule has 1 saturated carbocycles. The lowest BCUT2D eigenvalue weighted by molar-refractivity contribution is -0.156. The second kappa shape index (κ2) is 11.1. The number of halogens is 2. The van der Waals surface area contributed by atoms with Crippen LogP contribution in [0, 0.1) is 16.7 Å². The highest BCUT2D eigenvalue weighted by Crippen LogP contribution is 2.56. The third-order valence-electron chi connectivity index (χ3n) is 7.63. The topological polar surface area (TPSA) is 102 Å². The Hall–Kier alpha value is -2.77. The van der Waals surface area contributed by atoms with Gasteiger partial charge in [-0.3, -0.25) is 9.59 Å². The first kappa shape index (κ1) is 27.8. The maximum atomic E-state index is 13.2. The van der Waals surface area contributed by atoms with E-state index in [-0.39, 0.29) is 18.9 Å². The smallest absolute Gasteiger partial charge is 0.328 e. The molecule has 0 unspecified atom stereocenters. The number of hydrogen-bond acceptors (Lipinski definition) is 5. The van der Waals surface area contributed by atoms with E-state index in [1.165, 1.54) is 7.11 Å². The lowest BCUT2D eigenvalue weighted by atomic mass is 9.65. The molecular weight excluding hydrogens is 505 g/mol. The van der Waals surface area contributed by atoms with Crippen molar-refractivity contribution >= 4 is 41.0 Å². The number of carbonyl (C=O) groups is 3. The fraction of sp³-hybridized carbons (Fsp3) is 0.444. The molecule has 0 saturated heterocycles. The van der Waals surface area contributed by atoms with E-state index in [1.54, 1.807) is 63.2 Å². The van der Waals surface area contributed by atoms with Crippen molar-refractivity contribution < 1.29 is 29.0 Å². The van der Waals surface area contributed by atoms with Gasteiger partial charge in [-0.05, 0) is 55.0 Å². The van der Waals surface area contributed by atoms with E-state index in [2.05, 4.69) is 5.32 Å². The van der Waals surface area contributed by atoms with Crippen molar-refractivity contribution in [2.75, 3.05) is 7.11 Å².